The van der Waals surface area contributed by atoms with Gasteiger partial charge in [0, 0.05) is 44.5 Å². The first-order valence-corrected chi connectivity index (χ1v) is 9.59. The first-order chi connectivity index (χ1) is 12.2. The van der Waals surface area contributed by atoms with Crippen molar-refractivity contribution in [3.8, 4) is 5.88 Å². The van der Waals surface area contributed by atoms with Crippen LogP contribution < -0.4 is 15.4 Å². The second-order valence-electron chi connectivity index (χ2n) is 7.77. The fraction of sp³-hybridized carbons (Fsp3) is 0.684. The topological polar surface area (TPSA) is 66.5 Å². The summed E-state index contributed by atoms with van der Waals surface area (Å²) in [4.78, 5) is 18.9. The first kappa shape index (κ1) is 16.6. The lowest BCUT2D eigenvalue weighted by atomic mass is 10.2. The number of hydrogen-bond donors (Lipinski definition) is 2. The largest absolute Gasteiger partial charge is 0.477 e. The van der Waals surface area contributed by atoms with Gasteiger partial charge in [0.15, 0.2) is 0 Å². The van der Waals surface area contributed by atoms with Crippen LogP contribution in [0.3, 0.4) is 0 Å². The van der Waals surface area contributed by atoms with Crippen molar-refractivity contribution in [2.24, 2.45) is 11.8 Å². The van der Waals surface area contributed by atoms with Crippen LogP contribution in [-0.2, 0) is 6.54 Å². The highest BCUT2D eigenvalue weighted by Gasteiger charge is 2.29. The van der Waals surface area contributed by atoms with Crippen LogP contribution in [0.25, 0.3) is 0 Å². The van der Waals surface area contributed by atoms with E-state index in [0.29, 0.717) is 12.4 Å². The zero-order valence-corrected chi connectivity index (χ0v) is 14.7. The molecule has 0 spiro atoms. The fourth-order valence-electron chi connectivity index (χ4n) is 3.29. The van der Waals surface area contributed by atoms with Gasteiger partial charge in [-0.3, -0.25) is 0 Å². The molecular weight excluding hydrogens is 316 g/mol. The number of nitrogens with one attached hydrogen (secondary N) is 2. The molecule has 0 radical (unpaired) electrons. The van der Waals surface area contributed by atoms with Crippen molar-refractivity contribution in [3.05, 3.63) is 23.9 Å². The molecule has 3 fully saturated rings. The van der Waals surface area contributed by atoms with E-state index in [1.54, 1.807) is 6.20 Å². The van der Waals surface area contributed by atoms with Crippen LogP contribution in [0.5, 0.6) is 5.88 Å². The molecule has 1 aromatic rings. The van der Waals surface area contributed by atoms with Gasteiger partial charge in [-0.15, -0.1) is 0 Å². The van der Waals surface area contributed by atoms with Crippen molar-refractivity contribution in [1.82, 2.24) is 20.5 Å². The van der Waals surface area contributed by atoms with E-state index in [-0.39, 0.29) is 12.1 Å². The Hall–Kier alpha value is -1.82. The lowest BCUT2D eigenvalue weighted by Crippen LogP contribution is -2.43. The average Bonchev–Trinajstić information content (AvgIpc) is 3.53. The van der Waals surface area contributed by atoms with Crippen molar-refractivity contribution in [1.29, 1.82) is 0 Å². The van der Waals surface area contributed by atoms with Gasteiger partial charge >= 0.3 is 6.03 Å². The van der Waals surface area contributed by atoms with Crippen molar-refractivity contribution >= 4 is 6.03 Å². The number of carbonyl (C=O) groups excluding carboxylic acids is 1. The second-order valence-corrected chi connectivity index (χ2v) is 7.77. The molecule has 0 bridgehead atoms. The highest BCUT2D eigenvalue weighted by Crippen LogP contribution is 2.30. The van der Waals surface area contributed by atoms with Crippen LogP contribution in [0.1, 0.15) is 37.7 Å². The summed E-state index contributed by atoms with van der Waals surface area (Å²) in [5.41, 5.74) is 0.982. The highest BCUT2D eigenvalue weighted by molar-refractivity contribution is 5.74. The minimum Gasteiger partial charge on any atom is -0.477 e. The van der Waals surface area contributed by atoms with Gasteiger partial charge in [0.25, 0.3) is 0 Å². The third kappa shape index (κ3) is 5.33. The maximum absolute atomic E-state index is 12.1. The van der Waals surface area contributed by atoms with Crippen LogP contribution >= 0.6 is 0 Å². The minimum atomic E-state index is -0.0904. The van der Waals surface area contributed by atoms with Gasteiger partial charge in [-0.25, -0.2) is 9.78 Å². The molecule has 2 saturated carbocycles. The lowest BCUT2D eigenvalue weighted by Gasteiger charge is -2.16. The first-order valence-electron chi connectivity index (χ1n) is 9.59. The van der Waals surface area contributed by atoms with Crippen LogP contribution in [0.15, 0.2) is 18.3 Å². The molecule has 2 aliphatic carbocycles. The quantitative estimate of drug-likeness (QED) is 0.758. The third-order valence-corrected chi connectivity index (χ3v) is 5.24. The Morgan fingerprint density at radius 3 is 2.76 bits per heavy atom. The summed E-state index contributed by atoms with van der Waals surface area (Å²) in [6, 6.07) is 4.02. The van der Waals surface area contributed by atoms with E-state index in [4.69, 9.17) is 4.74 Å². The Balaban J connectivity index is 1.14. The summed E-state index contributed by atoms with van der Waals surface area (Å²) in [6.07, 6.45) is 8.14. The SMILES string of the molecule is O=C(NCc1ccc(OCC2CC2)nc1)NC1CCN(CC2CC2)C1. The maximum Gasteiger partial charge on any atom is 0.315 e. The van der Waals surface area contributed by atoms with Gasteiger partial charge in [0.2, 0.25) is 5.88 Å². The summed E-state index contributed by atoms with van der Waals surface area (Å²) in [7, 11) is 0. The number of hydrogen-bond acceptors (Lipinski definition) is 4. The van der Waals surface area contributed by atoms with Gasteiger partial charge in [0.1, 0.15) is 0 Å². The monoisotopic (exact) mass is 344 g/mol. The van der Waals surface area contributed by atoms with Crippen LogP contribution in [0.2, 0.25) is 0 Å². The molecule has 1 saturated heterocycles. The number of nitrogens with zero attached hydrogens (tertiary/aromatic N) is 2. The Labute approximate surface area is 149 Å². The van der Waals surface area contributed by atoms with Gasteiger partial charge in [-0.2, -0.15) is 0 Å². The highest BCUT2D eigenvalue weighted by atomic mass is 16.5. The second kappa shape index (κ2) is 7.60. The number of ether oxygens (including phenoxy) is 1. The molecular formula is C19H28N4O2. The van der Waals surface area contributed by atoms with Gasteiger partial charge in [0.05, 0.1) is 6.61 Å². The molecule has 6 nitrogen and oxygen atoms in total. The smallest absolute Gasteiger partial charge is 0.315 e. The Kier molecular flexibility index (Phi) is 5.06. The molecule has 1 atom stereocenters. The summed E-state index contributed by atoms with van der Waals surface area (Å²) in [5, 5.41) is 6.01. The molecule has 2 amide bonds. The number of carbonyl (C=O) groups is 1. The number of likely N-dealkylation sites (tertiary alicyclic amines) is 1. The number of rotatable bonds is 8. The average molecular weight is 344 g/mol. The van der Waals surface area contributed by atoms with E-state index in [9.17, 15) is 4.79 Å². The van der Waals surface area contributed by atoms with Crippen molar-refractivity contribution in [2.45, 2.75) is 44.7 Å². The van der Waals surface area contributed by atoms with E-state index in [1.165, 1.54) is 32.2 Å². The standard InChI is InChI=1S/C19H28N4O2/c24-19(22-17-7-8-23(12-17)11-14-1-2-14)21-10-16-5-6-18(20-9-16)25-13-15-3-4-15/h5-6,9,14-15,17H,1-4,7-8,10-13H2,(H2,21,22,24). The fourth-order valence-corrected chi connectivity index (χ4v) is 3.29. The minimum absolute atomic E-state index is 0.0904. The Bertz CT molecular complexity index is 584. The zero-order valence-electron chi connectivity index (χ0n) is 14.7. The number of amides is 2. The van der Waals surface area contributed by atoms with E-state index in [2.05, 4.69) is 20.5 Å². The van der Waals surface area contributed by atoms with Crippen LogP contribution in [-0.4, -0.2) is 48.2 Å². The molecule has 3 aliphatic rings. The Morgan fingerprint density at radius 1 is 1.20 bits per heavy atom. The maximum atomic E-state index is 12.1. The lowest BCUT2D eigenvalue weighted by molar-refractivity contribution is 0.235. The van der Waals surface area contributed by atoms with Crippen molar-refractivity contribution < 1.29 is 9.53 Å². The molecule has 0 aromatic carbocycles. The normalized spacial score (nSPS) is 23.4. The van der Waals surface area contributed by atoms with Crippen LogP contribution in [0, 0.1) is 11.8 Å². The number of aromatic nitrogens is 1. The van der Waals surface area contributed by atoms with Crippen LogP contribution in [0.4, 0.5) is 4.79 Å². The third-order valence-electron chi connectivity index (χ3n) is 5.24. The van der Waals surface area contributed by atoms with E-state index in [0.717, 1.165) is 43.5 Å². The van der Waals surface area contributed by atoms with E-state index >= 15 is 0 Å². The number of pyridine rings is 1. The molecule has 2 heterocycles. The molecule has 1 unspecified atom stereocenters. The predicted octanol–water partition coefficient (Wildman–Crippen LogP) is 2.15. The predicted molar refractivity (Wildman–Crippen MR) is 95.4 cm³/mol. The van der Waals surface area contributed by atoms with Gasteiger partial charge in [-0.05, 0) is 49.5 Å². The van der Waals surface area contributed by atoms with E-state index in [1.807, 2.05) is 12.1 Å². The molecule has 1 aliphatic heterocycles. The molecule has 2 N–H and O–H groups in total. The van der Waals surface area contributed by atoms with Gasteiger partial charge < -0.3 is 20.3 Å². The molecule has 6 heteroatoms. The number of urea groups is 1. The summed E-state index contributed by atoms with van der Waals surface area (Å²) < 4.78 is 5.63. The molecule has 4 rings (SSSR count). The molecule has 1 aromatic heterocycles. The van der Waals surface area contributed by atoms with Gasteiger partial charge in [-0.1, -0.05) is 6.07 Å². The summed E-state index contributed by atoms with van der Waals surface area (Å²) in [6.45, 7) is 4.55. The van der Waals surface area contributed by atoms with Crippen molar-refractivity contribution in [3.63, 3.8) is 0 Å². The summed E-state index contributed by atoms with van der Waals surface area (Å²) >= 11 is 0. The van der Waals surface area contributed by atoms with E-state index < -0.39 is 0 Å². The summed E-state index contributed by atoms with van der Waals surface area (Å²) in [5.74, 6) is 2.31. The van der Waals surface area contributed by atoms with Crippen molar-refractivity contribution in [2.75, 3.05) is 26.2 Å². The molecule has 136 valence electrons. The molecule has 25 heavy (non-hydrogen) atoms. The zero-order chi connectivity index (χ0) is 17.1. The Morgan fingerprint density at radius 2 is 2.04 bits per heavy atom.